The Morgan fingerprint density at radius 1 is 0.960 bits per heavy atom. The van der Waals surface area contributed by atoms with Gasteiger partial charge in [-0.05, 0) is 54.1 Å². The van der Waals surface area contributed by atoms with Crippen molar-refractivity contribution in [3.63, 3.8) is 0 Å². The standard InChI is InChI=1S/C19H22N2O3S/c1-14(22)20-16-5-7-17(8-6-16)21-19(23)13-25-12-11-15-3-9-18(24-2)10-4-15/h3-10H,11-13H2,1-2H3,(H,20,22)(H,21,23). The molecule has 6 heteroatoms. The second-order valence-corrected chi connectivity index (χ2v) is 6.56. The Kier molecular flexibility index (Phi) is 7.35. The lowest BCUT2D eigenvalue weighted by Gasteiger charge is -2.07. The number of ether oxygens (including phenoxy) is 1. The number of benzene rings is 2. The van der Waals surface area contributed by atoms with E-state index in [1.807, 2.05) is 24.3 Å². The van der Waals surface area contributed by atoms with Gasteiger partial charge in [0.2, 0.25) is 11.8 Å². The first-order valence-electron chi connectivity index (χ1n) is 7.95. The molecule has 0 aromatic heterocycles. The molecule has 0 atom stereocenters. The molecular formula is C19H22N2O3S. The molecule has 0 aliphatic rings. The normalized spacial score (nSPS) is 10.2. The predicted molar refractivity (Wildman–Crippen MR) is 103 cm³/mol. The van der Waals surface area contributed by atoms with Crippen LogP contribution in [0.5, 0.6) is 5.75 Å². The molecule has 2 aromatic rings. The lowest BCUT2D eigenvalue weighted by atomic mass is 10.2. The number of carbonyl (C=O) groups is 2. The zero-order chi connectivity index (χ0) is 18.1. The number of nitrogens with one attached hydrogen (secondary N) is 2. The van der Waals surface area contributed by atoms with Gasteiger partial charge in [-0.1, -0.05) is 12.1 Å². The molecule has 132 valence electrons. The number of anilines is 2. The Labute approximate surface area is 152 Å². The maximum absolute atomic E-state index is 12.0. The van der Waals surface area contributed by atoms with Gasteiger partial charge in [0.15, 0.2) is 0 Å². The summed E-state index contributed by atoms with van der Waals surface area (Å²) in [7, 11) is 1.65. The summed E-state index contributed by atoms with van der Waals surface area (Å²) in [5.41, 5.74) is 2.65. The topological polar surface area (TPSA) is 67.4 Å². The number of hydrogen-bond acceptors (Lipinski definition) is 4. The van der Waals surface area contributed by atoms with Gasteiger partial charge in [-0.25, -0.2) is 0 Å². The fourth-order valence-electron chi connectivity index (χ4n) is 2.18. The van der Waals surface area contributed by atoms with E-state index >= 15 is 0 Å². The van der Waals surface area contributed by atoms with Crippen molar-refractivity contribution >= 4 is 35.0 Å². The molecule has 0 aliphatic carbocycles. The molecule has 2 aromatic carbocycles. The maximum atomic E-state index is 12.0. The highest BCUT2D eigenvalue weighted by Gasteiger charge is 2.04. The molecule has 0 spiro atoms. The van der Waals surface area contributed by atoms with E-state index in [4.69, 9.17) is 4.74 Å². The molecule has 0 heterocycles. The van der Waals surface area contributed by atoms with Gasteiger partial charge in [-0.2, -0.15) is 11.8 Å². The largest absolute Gasteiger partial charge is 0.497 e. The van der Waals surface area contributed by atoms with Crippen LogP contribution in [0.3, 0.4) is 0 Å². The van der Waals surface area contributed by atoms with Crippen LogP contribution in [0.1, 0.15) is 12.5 Å². The van der Waals surface area contributed by atoms with Crippen LogP contribution in [-0.4, -0.2) is 30.4 Å². The average molecular weight is 358 g/mol. The average Bonchev–Trinajstić information content (AvgIpc) is 2.60. The quantitative estimate of drug-likeness (QED) is 0.708. The van der Waals surface area contributed by atoms with Crippen LogP contribution in [0, 0.1) is 0 Å². The summed E-state index contributed by atoms with van der Waals surface area (Å²) >= 11 is 1.60. The Hall–Kier alpha value is -2.47. The summed E-state index contributed by atoms with van der Waals surface area (Å²) in [6.07, 6.45) is 0.910. The van der Waals surface area contributed by atoms with E-state index < -0.39 is 0 Å². The van der Waals surface area contributed by atoms with E-state index in [0.29, 0.717) is 11.4 Å². The van der Waals surface area contributed by atoms with Crippen LogP contribution in [-0.2, 0) is 16.0 Å². The SMILES string of the molecule is COc1ccc(CCSCC(=O)Nc2ccc(NC(C)=O)cc2)cc1. The number of methoxy groups -OCH3 is 1. The van der Waals surface area contributed by atoms with Crippen LogP contribution < -0.4 is 15.4 Å². The number of amides is 2. The van der Waals surface area contributed by atoms with Crippen LogP contribution in [0.15, 0.2) is 48.5 Å². The van der Waals surface area contributed by atoms with Gasteiger partial charge in [0, 0.05) is 18.3 Å². The summed E-state index contributed by atoms with van der Waals surface area (Å²) in [5.74, 6) is 1.97. The van der Waals surface area contributed by atoms with E-state index in [2.05, 4.69) is 10.6 Å². The van der Waals surface area contributed by atoms with Gasteiger partial charge in [-0.3, -0.25) is 9.59 Å². The number of rotatable bonds is 8. The molecule has 0 radical (unpaired) electrons. The van der Waals surface area contributed by atoms with Crippen LogP contribution >= 0.6 is 11.8 Å². The third kappa shape index (κ3) is 6.89. The summed E-state index contributed by atoms with van der Waals surface area (Å²) < 4.78 is 5.13. The van der Waals surface area contributed by atoms with E-state index in [-0.39, 0.29) is 11.8 Å². The lowest BCUT2D eigenvalue weighted by molar-refractivity contribution is -0.114. The van der Waals surface area contributed by atoms with Crippen LogP contribution in [0.25, 0.3) is 0 Å². The highest BCUT2D eigenvalue weighted by molar-refractivity contribution is 7.99. The summed E-state index contributed by atoms with van der Waals surface area (Å²) in [6.45, 7) is 1.46. The van der Waals surface area contributed by atoms with Gasteiger partial charge in [0.25, 0.3) is 0 Å². The van der Waals surface area contributed by atoms with E-state index in [0.717, 1.165) is 23.6 Å². The molecule has 5 nitrogen and oxygen atoms in total. The maximum Gasteiger partial charge on any atom is 0.234 e. The molecule has 0 fully saturated rings. The van der Waals surface area contributed by atoms with Gasteiger partial charge in [0.05, 0.1) is 12.9 Å². The van der Waals surface area contributed by atoms with Gasteiger partial charge in [-0.15, -0.1) is 0 Å². The zero-order valence-corrected chi connectivity index (χ0v) is 15.2. The minimum atomic E-state index is -0.120. The second-order valence-electron chi connectivity index (χ2n) is 5.46. The van der Waals surface area contributed by atoms with Crippen molar-refractivity contribution in [3.8, 4) is 5.75 Å². The monoisotopic (exact) mass is 358 g/mol. The third-order valence-electron chi connectivity index (χ3n) is 3.42. The highest BCUT2D eigenvalue weighted by atomic mass is 32.2. The molecule has 0 saturated carbocycles. The molecule has 2 N–H and O–H groups in total. The molecular weight excluding hydrogens is 336 g/mol. The van der Waals surface area contributed by atoms with Crippen molar-refractivity contribution in [1.82, 2.24) is 0 Å². The Balaban J connectivity index is 1.68. The van der Waals surface area contributed by atoms with Crippen molar-refractivity contribution in [1.29, 1.82) is 0 Å². The fraction of sp³-hybridized carbons (Fsp3) is 0.263. The smallest absolute Gasteiger partial charge is 0.234 e. The van der Waals surface area contributed by atoms with E-state index in [1.165, 1.54) is 12.5 Å². The molecule has 0 unspecified atom stereocenters. The van der Waals surface area contributed by atoms with Crippen molar-refractivity contribution < 1.29 is 14.3 Å². The molecule has 2 amide bonds. The first-order chi connectivity index (χ1) is 12.1. The van der Waals surface area contributed by atoms with Crippen molar-refractivity contribution in [2.45, 2.75) is 13.3 Å². The van der Waals surface area contributed by atoms with Crippen molar-refractivity contribution in [3.05, 3.63) is 54.1 Å². The minimum absolute atomic E-state index is 0.0352. The Morgan fingerprint density at radius 2 is 1.56 bits per heavy atom. The van der Waals surface area contributed by atoms with Gasteiger partial charge < -0.3 is 15.4 Å². The number of hydrogen-bond donors (Lipinski definition) is 2. The predicted octanol–water partition coefficient (Wildman–Crippen LogP) is 3.57. The van der Waals surface area contributed by atoms with Crippen molar-refractivity contribution in [2.24, 2.45) is 0 Å². The zero-order valence-electron chi connectivity index (χ0n) is 14.4. The van der Waals surface area contributed by atoms with E-state index in [1.54, 1.807) is 43.1 Å². The first kappa shape index (κ1) is 18.9. The van der Waals surface area contributed by atoms with Crippen LogP contribution in [0.2, 0.25) is 0 Å². The van der Waals surface area contributed by atoms with Crippen molar-refractivity contribution in [2.75, 3.05) is 29.2 Å². The minimum Gasteiger partial charge on any atom is -0.497 e. The number of carbonyl (C=O) groups excluding carboxylic acids is 2. The second kappa shape index (κ2) is 9.74. The molecule has 0 aliphatic heterocycles. The highest BCUT2D eigenvalue weighted by Crippen LogP contribution is 2.15. The summed E-state index contributed by atoms with van der Waals surface area (Å²) in [5, 5.41) is 5.53. The molecule has 2 rings (SSSR count). The van der Waals surface area contributed by atoms with E-state index in [9.17, 15) is 9.59 Å². The molecule has 0 saturated heterocycles. The molecule has 25 heavy (non-hydrogen) atoms. The number of aryl methyl sites for hydroxylation is 1. The molecule has 0 bridgehead atoms. The third-order valence-corrected chi connectivity index (χ3v) is 4.38. The van der Waals surface area contributed by atoms with Crippen LogP contribution in [0.4, 0.5) is 11.4 Å². The lowest BCUT2D eigenvalue weighted by Crippen LogP contribution is -2.14. The Bertz CT molecular complexity index is 700. The summed E-state index contributed by atoms with van der Waals surface area (Å²) in [6, 6.07) is 15.0. The first-order valence-corrected chi connectivity index (χ1v) is 9.10. The number of thioether (sulfide) groups is 1. The summed E-state index contributed by atoms with van der Waals surface area (Å²) in [4.78, 5) is 22.9. The van der Waals surface area contributed by atoms with Gasteiger partial charge >= 0.3 is 0 Å². The Morgan fingerprint density at radius 3 is 2.12 bits per heavy atom. The fourth-order valence-corrected chi connectivity index (χ4v) is 2.97. The van der Waals surface area contributed by atoms with Gasteiger partial charge in [0.1, 0.15) is 5.75 Å².